The van der Waals surface area contributed by atoms with Gasteiger partial charge >= 0.3 is 12.1 Å². The van der Waals surface area contributed by atoms with Crippen molar-refractivity contribution >= 4 is 5.97 Å². The van der Waals surface area contributed by atoms with Crippen LogP contribution in [0.3, 0.4) is 0 Å². The molecule has 0 saturated carbocycles. The van der Waals surface area contributed by atoms with Crippen molar-refractivity contribution in [3.8, 4) is 0 Å². The van der Waals surface area contributed by atoms with Crippen molar-refractivity contribution in [1.29, 1.82) is 0 Å². The predicted molar refractivity (Wildman–Crippen MR) is 64.0 cm³/mol. The Morgan fingerprint density at radius 2 is 2.05 bits per heavy atom. The molecule has 1 aromatic carbocycles. The lowest BCUT2D eigenvalue weighted by Crippen LogP contribution is -2.35. The zero-order chi connectivity index (χ0) is 16.0. The highest BCUT2D eigenvalue weighted by Crippen LogP contribution is 2.20. The lowest BCUT2D eigenvalue weighted by atomic mass is 10.0. The highest BCUT2D eigenvalue weighted by molar-refractivity contribution is 5.75. The van der Waals surface area contributed by atoms with Crippen molar-refractivity contribution < 1.29 is 31.5 Å². The van der Waals surface area contributed by atoms with E-state index in [1.165, 1.54) is 18.2 Å². The summed E-state index contributed by atoms with van der Waals surface area (Å²) in [6.45, 7) is 0. The summed E-state index contributed by atoms with van der Waals surface area (Å²) in [6.07, 6.45) is -7.07. The number of aryl methyl sites for hydroxylation is 1. The molecule has 1 atom stereocenters. The van der Waals surface area contributed by atoms with Gasteiger partial charge in [-0.2, -0.15) is 13.2 Å². The summed E-state index contributed by atoms with van der Waals surface area (Å²) in [5.74, 6) is -2.99. The Morgan fingerprint density at radius 3 is 2.57 bits per heavy atom. The molecular formula is C13H12F5NO2. The van der Waals surface area contributed by atoms with E-state index in [9.17, 15) is 26.7 Å². The predicted octanol–water partition coefficient (Wildman–Crippen LogP) is 3.00. The van der Waals surface area contributed by atoms with Crippen molar-refractivity contribution in [1.82, 2.24) is 0 Å². The number of halogens is 5. The molecule has 0 bridgehead atoms. The molecule has 0 aliphatic heterocycles. The van der Waals surface area contributed by atoms with E-state index in [-0.39, 0.29) is 24.7 Å². The van der Waals surface area contributed by atoms with Gasteiger partial charge in [0.25, 0.3) is 0 Å². The first-order valence-electron chi connectivity index (χ1n) is 5.81. The van der Waals surface area contributed by atoms with Gasteiger partial charge in [0.2, 0.25) is 0 Å². The van der Waals surface area contributed by atoms with Gasteiger partial charge in [0.15, 0.2) is 6.23 Å². The zero-order valence-electron chi connectivity index (χ0n) is 10.7. The third-order valence-electron chi connectivity index (χ3n) is 2.56. The molecule has 1 rings (SSSR count). The van der Waals surface area contributed by atoms with E-state index in [0.717, 1.165) is 0 Å². The number of carbonyl (C=O) groups excluding carboxylic acids is 1. The molecule has 1 aromatic rings. The van der Waals surface area contributed by atoms with Gasteiger partial charge in [-0.1, -0.05) is 12.1 Å². The van der Waals surface area contributed by atoms with Gasteiger partial charge in [-0.15, -0.1) is 0 Å². The number of hydrogen-bond acceptors (Lipinski definition) is 3. The van der Waals surface area contributed by atoms with Crippen LogP contribution < -0.4 is 5.73 Å². The Balaban J connectivity index is 2.61. The van der Waals surface area contributed by atoms with Gasteiger partial charge in [-0.05, 0) is 30.5 Å². The summed E-state index contributed by atoms with van der Waals surface area (Å²) >= 11 is 0. The Bertz CT molecular complexity index is 528. The first-order valence-corrected chi connectivity index (χ1v) is 5.81. The van der Waals surface area contributed by atoms with Crippen molar-refractivity contribution in [2.45, 2.75) is 25.2 Å². The van der Waals surface area contributed by atoms with E-state index >= 15 is 0 Å². The van der Waals surface area contributed by atoms with Gasteiger partial charge in [0, 0.05) is 5.57 Å². The molecule has 0 saturated heterocycles. The second kappa shape index (κ2) is 7.16. The van der Waals surface area contributed by atoms with Crippen molar-refractivity contribution in [3.63, 3.8) is 0 Å². The summed E-state index contributed by atoms with van der Waals surface area (Å²) in [7, 11) is 0. The Labute approximate surface area is 117 Å². The largest absolute Gasteiger partial charge is 0.490 e. The maximum Gasteiger partial charge on any atom is 0.490 e. The normalized spacial score (nSPS) is 13.9. The molecule has 8 heteroatoms. The second-order valence-electron chi connectivity index (χ2n) is 4.14. The number of hydrogen-bond donors (Lipinski definition) is 1. The van der Waals surface area contributed by atoms with E-state index in [0.29, 0.717) is 5.56 Å². The van der Waals surface area contributed by atoms with E-state index in [1.807, 2.05) is 0 Å². The van der Waals surface area contributed by atoms with E-state index in [4.69, 9.17) is 5.73 Å². The highest BCUT2D eigenvalue weighted by atomic mass is 19.4. The van der Waals surface area contributed by atoms with Crippen LogP contribution in [0.1, 0.15) is 12.0 Å². The molecule has 0 spiro atoms. The fourth-order valence-electron chi connectivity index (χ4n) is 1.50. The van der Waals surface area contributed by atoms with Gasteiger partial charge in [-0.25, -0.2) is 13.6 Å². The van der Waals surface area contributed by atoms with Crippen LogP contribution in [0.25, 0.3) is 0 Å². The van der Waals surface area contributed by atoms with E-state index in [1.54, 1.807) is 6.07 Å². The fourth-order valence-corrected chi connectivity index (χ4v) is 1.50. The Morgan fingerprint density at radius 1 is 1.38 bits per heavy atom. The molecule has 0 amide bonds. The molecule has 0 heterocycles. The zero-order valence-corrected chi connectivity index (χ0v) is 10.7. The topological polar surface area (TPSA) is 52.3 Å². The van der Waals surface area contributed by atoms with Crippen LogP contribution in [-0.4, -0.2) is 18.4 Å². The summed E-state index contributed by atoms with van der Waals surface area (Å²) in [6, 6.07) is 5.41. The van der Waals surface area contributed by atoms with E-state index in [2.05, 4.69) is 4.74 Å². The number of alkyl halides is 3. The third kappa shape index (κ3) is 5.50. The first kappa shape index (κ1) is 17.1. The SMILES string of the molecule is NC(OC(=O)C(F)(F)F)/C(=C\F)CCc1cccc(F)c1. The monoisotopic (exact) mass is 309 g/mol. The van der Waals surface area contributed by atoms with Crippen LogP contribution in [0.5, 0.6) is 0 Å². The third-order valence-corrected chi connectivity index (χ3v) is 2.56. The summed E-state index contributed by atoms with van der Waals surface area (Å²) < 4.78 is 65.4. The molecule has 0 fully saturated rings. The molecule has 0 aromatic heterocycles. The Hall–Kier alpha value is -1.96. The van der Waals surface area contributed by atoms with Gasteiger partial charge in [0.05, 0.1) is 6.33 Å². The number of ether oxygens (including phenoxy) is 1. The number of nitrogens with two attached hydrogens (primary N) is 1. The van der Waals surface area contributed by atoms with Crippen LogP contribution in [0.4, 0.5) is 22.0 Å². The number of rotatable bonds is 5. The average molecular weight is 309 g/mol. The van der Waals surface area contributed by atoms with Gasteiger partial charge < -0.3 is 4.74 Å². The summed E-state index contributed by atoms with van der Waals surface area (Å²) in [5, 5.41) is 0. The molecule has 0 aliphatic rings. The first-order chi connectivity index (χ1) is 9.74. The van der Waals surface area contributed by atoms with Crippen molar-refractivity contribution in [2.24, 2.45) is 5.73 Å². The average Bonchev–Trinajstić information content (AvgIpc) is 2.38. The minimum Gasteiger partial charge on any atom is -0.436 e. The van der Waals surface area contributed by atoms with Gasteiger partial charge in [0.1, 0.15) is 5.82 Å². The second-order valence-corrected chi connectivity index (χ2v) is 4.14. The quantitative estimate of drug-likeness (QED) is 0.517. The summed E-state index contributed by atoms with van der Waals surface area (Å²) in [5.41, 5.74) is 5.36. The summed E-state index contributed by atoms with van der Waals surface area (Å²) in [4.78, 5) is 10.6. The smallest absolute Gasteiger partial charge is 0.436 e. The van der Waals surface area contributed by atoms with Gasteiger partial charge in [-0.3, -0.25) is 5.73 Å². The van der Waals surface area contributed by atoms with E-state index < -0.39 is 24.2 Å². The molecule has 3 nitrogen and oxygen atoms in total. The van der Waals surface area contributed by atoms with Crippen LogP contribution in [-0.2, 0) is 16.0 Å². The number of carbonyl (C=O) groups is 1. The van der Waals surface area contributed by atoms with Crippen LogP contribution in [0.2, 0.25) is 0 Å². The molecule has 116 valence electrons. The Kier molecular flexibility index (Phi) is 5.83. The maximum atomic E-state index is 12.9. The molecule has 2 N–H and O–H groups in total. The fraction of sp³-hybridized carbons (Fsp3) is 0.308. The molecular weight excluding hydrogens is 297 g/mol. The minimum absolute atomic E-state index is 0.0202. The lowest BCUT2D eigenvalue weighted by Gasteiger charge is -2.16. The lowest BCUT2D eigenvalue weighted by molar-refractivity contribution is -0.203. The number of benzene rings is 1. The molecule has 0 radical (unpaired) electrons. The minimum atomic E-state index is -5.21. The maximum absolute atomic E-state index is 12.9. The molecule has 1 unspecified atom stereocenters. The van der Waals surface area contributed by atoms with Crippen LogP contribution in [0, 0.1) is 5.82 Å². The number of esters is 1. The molecule has 0 aliphatic carbocycles. The molecule has 21 heavy (non-hydrogen) atoms. The van der Waals surface area contributed by atoms with Crippen molar-refractivity contribution in [3.05, 3.63) is 47.5 Å². The van der Waals surface area contributed by atoms with Crippen LogP contribution >= 0.6 is 0 Å². The van der Waals surface area contributed by atoms with Crippen LogP contribution in [0.15, 0.2) is 36.2 Å². The van der Waals surface area contributed by atoms with Crippen molar-refractivity contribution in [2.75, 3.05) is 0 Å². The highest BCUT2D eigenvalue weighted by Gasteiger charge is 2.42. The standard InChI is InChI=1S/C13H12F5NO2/c14-7-9(11(19)21-12(20)13(16,17)18)5-4-8-2-1-3-10(15)6-8/h1-3,6-7,11H,4-5,19H2/b9-7-.